The van der Waals surface area contributed by atoms with Gasteiger partial charge in [0, 0.05) is 0 Å². The molecule has 0 spiro atoms. The van der Waals surface area contributed by atoms with Crippen molar-refractivity contribution in [2.24, 2.45) is 11.8 Å². The SMILES string of the molecule is C=C(/C=C\C(=C)C1CC(C)C1)OCc1cccc2ccccc12. The Bertz CT molecular complexity index is 742. The van der Waals surface area contributed by atoms with Crippen LogP contribution in [0.5, 0.6) is 0 Å². The molecule has 1 heteroatoms. The maximum Gasteiger partial charge on any atom is 0.114 e. The average molecular weight is 304 g/mol. The van der Waals surface area contributed by atoms with Crippen LogP contribution in [-0.2, 0) is 11.3 Å². The molecule has 0 radical (unpaired) electrons. The Morgan fingerprint density at radius 2 is 1.83 bits per heavy atom. The molecule has 0 aromatic heterocycles. The van der Waals surface area contributed by atoms with Gasteiger partial charge in [-0.05, 0) is 47.1 Å². The molecule has 1 aliphatic carbocycles. The molecule has 0 N–H and O–H groups in total. The van der Waals surface area contributed by atoms with E-state index in [1.54, 1.807) is 0 Å². The Morgan fingerprint density at radius 1 is 1.09 bits per heavy atom. The number of fused-ring (bicyclic) bond motifs is 1. The van der Waals surface area contributed by atoms with Crippen LogP contribution in [0.1, 0.15) is 25.3 Å². The summed E-state index contributed by atoms with van der Waals surface area (Å²) in [5, 5.41) is 2.47. The topological polar surface area (TPSA) is 9.23 Å². The van der Waals surface area contributed by atoms with Crippen LogP contribution in [0.25, 0.3) is 10.8 Å². The zero-order valence-corrected chi connectivity index (χ0v) is 13.8. The summed E-state index contributed by atoms with van der Waals surface area (Å²) in [4.78, 5) is 0. The first-order valence-corrected chi connectivity index (χ1v) is 8.28. The van der Waals surface area contributed by atoms with Crippen LogP contribution in [0.4, 0.5) is 0 Å². The van der Waals surface area contributed by atoms with E-state index >= 15 is 0 Å². The molecule has 0 unspecified atom stereocenters. The molecule has 0 heterocycles. The van der Waals surface area contributed by atoms with Crippen molar-refractivity contribution in [1.29, 1.82) is 0 Å². The van der Waals surface area contributed by atoms with Crippen molar-refractivity contribution >= 4 is 10.8 Å². The third-order valence-corrected chi connectivity index (χ3v) is 4.67. The molecule has 23 heavy (non-hydrogen) atoms. The summed E-state index contributed by atoms with van der Waals surface area (Å²) in [6, 6.07) is 14.7. The summed E-state index contributed by atoms with van der Waals surface area (Å²) < 4.78 is 5.82. The fourth-order valence-electron chi connectivity index (χ4n) is 3.18. The summed E-state index contributed by atoms with van der Waals surface area (Å²) in [7, 11) is 0. The second-order valence-corrected chi connectivity index (χ2v) is 6.58. The minimum absolute atomic E-state index is 0.539. The summed E-state index contributed by atoms with van der Waals surface area (Å²) in [6.45, 7) is 11.0. The summed E-state index contributed by atoms with van der Waals surface area (Å²) in [6.07, 6.45) is 6.51. The van der Waals surface area contributed by atoms with Gasteiger partial charge < -0.3 is 4.74 Å². The first kappa shape index (κ1) is 15.6. The van der Waals surface area contributed by atoms with Crippen molar-refractivity contribution in [1.82, 2.24) is 0 Å². The van der Waals surface area contributed by atoms with Gasteiger partial charge in [-0.3, -0.25) is 0 Å². The molecule has 3 rings (SSSR count). The van der Waals surface area contributed by atoms with Gasteiger partial charge in [-0.25, -0.2) is 0 Å². The van der Waals surface area contributed by atoms with Crippen LogP contribution in [0.2, 0.25) is 0 Å². The van der Waals surface area contributed by atoms with Gasteiger partial charge >= 0.3 is 0 Å². The highest BCUT2D eigenvalue weighted by atomic mass is 16.5. The first-order chi connectivity index (χ1) is 11.1. The standard InChI is InChI=1S/C22H24O/c1-16-13-21(14-16)17(2)11-12-18(3)23-15-20-9-6-8-19-7-4-5-10-22(19)20/h4-12,16,21H,2-3,13-15H2,1H3/b12-11-. The second-order valence-electron chi connectivity index (χ2n) is 6.58. The summed E-state index contributed by atoms with van der Waals surface area (Å²) in [5.74, 6) is 2.18. The maximum absolute atomic E-state index is 5.82. The number of rotatable bonds is 6. The highest BCUT2D eigenvalue weighted by Gasteiger charge is 2.26. The van der Waals surface area contributed by atoms with Gasteiger partial charge in [0.05, 0.1) is 0 Å². The molecule has 2 aromatic rings. The Balaban J connectivity index is 1.57. The summed E-state index contributed by atoms with van der Waals surface area (Å²) in [5.41, 5.74) is 2.38. The Morgan fingerprint density at radius 3 is 2.61 bits per heavy atom. The van der Waals surface area contributed by atoms with Crippen molar-refractivity contribution in [3.05, 3.63) is 84.7 Å². The van der Waals surface area contributed by atoms with Gasteiger partial charge in [0.15, 0.2) is 0 Å². The lowest BCUT2D eigenvalue weighted by Gasteiger charge is -2.33. The van der Waals surface area contributed by atoms with Gasteiger partial charge in [-0.1, -0.05) is 74.2 Å². The predicted molar refractivity (Wildman–Crippen MR) is 98.0 cm³/mol. The Kier molecular flexibility index (Phi) is 4.66. The highest BCUT2D eigenvalue weighted by Crippen LogP contribution is 2.38. The van der Waals surface area contributed by atoms with Gasteiger partial charge in [-0.2, -0.15) is 0 Å². The van der Waals surface area contributed by atoms with E-state index in [1.807, 2.05) is 6.08 Å². The lowest BCUT2D eigenvalue weighted by Crippen LogP contribution is -2.21. The molecule has 2 aromatic carbocycles. The van der Waals surface area contributed by atoms with Gasteiger partial charge in [0.2, 0.25) is 0 Å². The number of hydrogen-bond donors (Lipinski definition) is 0. The molecule has 118 valence electrons. The zero-order chi connectivity index (χ0) is 16.2. The van der Waals surface area contributed by atoms with Crippen LogP contribution in [-0.4, -0.2) is 0 Å². The predicted octanol–water partition coefficient (Wildman–Crippen LogP) is 6.03. The molecule has 1 aliphatic rings. The first-order valence-electron chi connectivity index (χ1n) is 8.28. The third-order valence-electron chi connectivity index (χ3n) is 4.67. The molecule has 0 amide bonds. The van der Waals surface area contributed by atoms with E-state index < -0.39 is 0 Å². The Hall–Kier alpha value is -2.28. The quantitative estimate of drug-likeness (QED) is 0.468. The third kappa shape index (κ3) is 3.73. The average Bonchev–Trinajstić information content (AvgIpc) is 2.55. The highest BCUT2D eigenvalue weighted by molar-refractivity contribution is 5.85. The van der Waals surface area contributed by atoms with Crippen molar-refractivity contribution < 1.29 is 4.74 Å². The molecule has 1 nitrogen and oxygen atoms in total. The minimum Gasteiger partial charge on any atom is -0.490 e. The smallest absolute Gasteiger partial charge is 0.114 e. The van der Waals surface area contributed by atoms with E-state index in [2.05, 4.69) is 68.6 Å². The monoisotopic (exact) mass is 304 g/mol. The van der Waals surface area contributed by atoms with E-state index in [-0.39, 0.29) is 0 Å². The van der Waals surface area contributed by atoms with E-state index in [9.17, 15) is 0 Å². The second kappa shape index (κ2) is 6.87. The maximum atomic E-state index is 5.82. The van der Waals surface area contributed by atoms with Crippen molar-refractivity contribution in [2.75, 3.05) is 0 Å². The largest absolute Gasteiger partial charge is 0.490 e. The van der Waals surface area contributed by atoms with Crippen LogP contribution in [0.15, 0.2) is 79.1 Å². The number of allylic oxidation sites excluding steroid dienone is 3. The zero-order valence-electron chi connectivity index (χ0n) is 13.8. The molecule has 1 fully saturated rings. The van der Waals surface area contributed by atoms with E-state index in [0.717, 1.165) is 5.92 Å². The van der Waals surface area contributed by atoms with Crippen LogP contribution in [0.3, 0.4) is 0 Å². The van der Waals surface area contributed by atoms with E-state index in [1.165, 1.54) is 34.8 Å². The number of benzene rings is 2. The molecule has 1 saturated carbocycles. The lowest BCUT2D eigenvalue weighted by atomic mass is 9.72. The van der Waals surface area contributed by atoms with Gasteiger partial charge in [0.1, 0.15) is 12.4 Å². The number of hydrogen-bond acceptors (Lipinski definition) is 1. The van der Waals surface area contributed by atoms with Crippen LogP contribution in [0, 0.1) is 11.8 Å². The fraction of sp³-hybridized carbons (Fsp3) is 0.273. The molecular weight excluding hydrogens is 280 g/mol. The van der Waals surface area contributed by atoms with Crippen LogP contribution < -0.4 is 0 Å². The van der Waals surface area contributed by atoms with Gasteiger partial charge in [-0.15, -0.1) is 0 Å². The van der Waals surface area contributed by atoms with Crippen molar-refractivity contribution in [3.63, 3.8) is 0 Å². The molecule has 0 saturated heterocycles. The number of ether oxygens (including phenoxy) is 1. The van der Waals surface area contributed by atoms with Crippen molar-refractivity contribution in [3.8, 4) is 0 Å². The lowest BCUT2D eigenvalue weighted by molar-refractivity contribution is 0.213. The Labute approximate surface area is 139 Å². The van der Waals surface area contributed by atoms with Crippen molar-refractivity contribution in [2.45, 2.75) is 26.4 Å². The fourth-order valence-corrected chi connectivity index (χ4v) is 3.18. The molecule has 0 aliphatic heterocycles. The molecule has 0 bridgehead atoms. The summed E-state index contributed by atoms with van der Waals surface area (Å²) >= 11 is 0. The molecular formula is C22H24O. The normalized spacial score (nSPS) is 20.4. The van der Waals surface area contributed by atoms with E-state index in [4.69, 9.17) is 4.74 Å². The van der Waals surface area contributed by atoms with E-state index in [0.29, 0.717) is 18.3 Å². The molecule has 0 atom stereocenters. The van der Waals surface area contributed by atoms with Gasteiger partial charge in [0.25, 0.3) is 0 Å². The van der Waals surface area contributed by atoms with Crippen LogP contribution >= 0.6 is 0 Å². The minimum atomic E-state index is 0.539.